The molecule has 0 spiro atoms. The second-order valence-corrected chi connectivity index (χ2v) is 6.74. The molecule has 1 aromatic carbocycles. The molecule has 0 aliphatic carbocycles. The van der Waals surface area contributed by atoms with E-state index >= 15 is 0 Å². The van der Waals surface area contributed by atoms with Gasteiger partial charge in [-0.2, -0.15) is 0 Å². The summed E-state index contributed by atoms with van der Waals surface area (Å²) in [6.45, 7) is 3.36. The number of nitrogens with one attached hydrogen (secondary N) is 1. The number of aromatic nitrogens is 1. The maximum absolute atomic E-state index is 12.5. The third-order valence-corrected chi connectivity index (χ3v) is 5.16. The molecule has 0 atom stereocenters. The van der Waals surface area contributed by atoms with Crippen molar-refractivity contribution in [1.82, 2.24) is 9.88 Å². The minimum absolute atomic E-state index is 0.0872. The monoisotopic (exact) mass is 352 g/mol. The molecule has 0 unspecified atom stereocenters. The van der Waals surface area contributed by atoms with E-state index < -0.39 is 5.97 Å². The summed E-state index contributed by atoms with van der Waals surface area (Å²) in [5.41, 5.74) is 3.68. The molecule has 1 saturated heterocycles. The van der Waals surface area contributed by atoms with E-state index in [0.717, 1.165) is 18.4 Å². The lowest BCUT2D eigenvalue weighted by Crippen LogP contribution is -2.37. The SMILES string of the molecule is Cc1[nH]c2ccccc2c1C1CCN(C(=O)c2ccc(C(=O)O)o2)CC1. The quantitative estimate of drug-likeness (QED) is 0.751. The first-order valence-electron chi connectivity index (χ1n) is 8.74. The minimum Gasteiger partial charge on any atom is -0.475 e. The Labute approximate surface area is 150 Å². The maximum Gasteiger partial charge on any atom is 0.371 e. The van der Waals surface area contributed by atoms with Crippen LogP contribution in [0, 0.1) is 6.92 Å². The number of hydrogen-bond acceptors (Lipinski definition) is 3. The number of nitrogens with zero attached hydrogens (tertiary/aromatic N) is 1. The number of para-hydroxylation sites is 1. The standard InChI is InChI=1S/C20H20N2O4/c1-12-18(14-4-2-3-5-15(14)21-12)13-8-10-22(11-9-13)19(23)16-6-7-17(26-16)20(24)25/h2-7,13,21H,8-11H2,1H3,(H,24,25). The van der Waals surface area contributed by atoms with Crippen LogP contribution in [-0.2, 0) is 0 Å². The van der Waals surface area contributed by atoms with E-state index in [1.165, 1.54) is 28.8 Å². The molecule has 2 N–H and O–H groups in total. The first-order chi connectivity index (χ1) is 12.5. The number of carbonyl (C=O) groups excluding carboxylic acids is 1. The summed E-state index contributed by atoms with van der Waals surface area (Å²) in [4.78, 5) is 28.6. The van der Waals surface area contributed by atoms with Gasteiger partial charge in [0, 0.05) is 29.7 Å². The normalized spacial score (nSPS) is 15.5. The van der Waals surface area contributed by atoms with Crippen molar-refractivity contribution >= 4 is 22.8 Å². The van der Waals surface area contributed by atoms with Crippen LogP contribution < -0.4 is 0 Å². The van der Waals surface area contributed by atoms with E-state index in [1.54, 1.807) is 4.90 Å². The van der Waals surface area contributed by atoms with E-state index in [1.807, 2.05) is 6.07 Å². The highest BCUT2D eigenvalue weighted by Crippen LogP contribution is 2.35. The van der Waals surface area contributed by atoms with Gasteiger partial charge in [0.2, 0.25) is 5.76 Å². The summed E-state index contributed by atoms with van der Waals surface area (Å²) in [6, 6.07) is 11.1. The van der Waals surface area contributed by atoms with Crippen LogP contribution in [0.1, 0.15) is 51.1 Å². The molecule has 1 aliphatic rings. The summed E-state index contributed by atoms with van der Waals surface area (Å²) in [7, 11) is 0. The third-order valence-electron chi connectivity index (χ3n) is 5.16. The molecule has 0 saturated carbocycles. The average Bonchev–Trinajstić information content (AvgIpc) is 3.25. The number of rotatable bonds is 3. The Balaban J connectivity index is 1.49. The fourth-order valence-corrected chi connectivity index (χ4v) is 3.92. The summed E-state index contributed by atoms with van der Waals surface area (Å²) < 4.78 is 5.14. The van der Waals surface area contributed by atoms with E-state index in [4.69, 9.17) is 9.52 Å². The molecule has 26 heavy (non-hydrogen) atoms. The molecule has 134 valence electrons. The summed E-state index contributed by atoms with van der Waals surface area (Å²) in [5.74, 6) is -1.13. The van der Waals surface area contributed by atoms with E-state index in [0.29, 0.717) is 19.0 Å². The number of H-pyrrole nitrogens is 1. The van der Waals surface area contributed by atoms with Gasteiger partial charge in [0.15, 0.2) is 5.76 Å². The number of amides is 1. The van der Waals surface area contributed by atoms with Crippen molar-refractivity contribution in [2.45, 2.75) is 25.7 Å². The Kier molecular flexibility index (Phi) is 4.03. The molecule has 1 fully saturated rings. The number of aromatic carboxylic acids is 1. The molecular weight excluding hydrogens is 332 g/mol. The number of carbonyl (C=O) groups is 2. The Morgan fingerprint density at radius 2 is 1.81 bits per heavy atom. The highest BCUT2D eigenvalue weighted by Gasteiger charge is 2.28. The van der Waals surface area contributed by atoms with Gasteiger partial charge in [0.05, 0.1) is 0 Å². The number of aromatic amines is 1. The van der Waals surface area contributed by atoms with Gasteiger partial charge >= 0.3 is 5.97 Å². The van der Waals surface area contributed by atoms with E-state index in [9.17, 15) is 9.59 Å². The number of carboxylic acids is 1. The number of hydrogen-bond donors (Lipinski definition) is 2. The van der Waals surface area contributed by atoms with Gasteiger partial charge in [-0.25, -0.2) is 4.79 Å². The van der Waals surface area contributed by atoms with Crippen LogP contribution in [0.4, 0.5) is 0 Å². The molecule has 6 heteroatoms. The molecular formula is C20H20N2O4. The zero-order valence-electron chi connectivity index (χ0n) is 14.5. The molecule has 3 aromatic rings. The minimum atomic E-state index is -1.17. The molecule has 1 amide bonds. The molecule has 0 radical (unpaired) electrons. The highest BCUT2D eigenvalue weighted by molar-refractivity contribution is 5.93. The van der Waals surface area contributed by atoms with Gasteiger partial charge in [0.1, 0.15) is 0 Å². The maximum atomic E-state index is 12.5. The molecule has 2 aromatic heterocycles. The van der Waals surface area contributed by atoms with Crippen molar-refractivity contribution in [2.24, 2.45) is 0 Å². The lowest BCUT2D eigenvalue weighted by atomic mass is 9.87. The van der Waals surface area contributed by atoms with Gasteiger partial charge in [-0.15, -0.1) is 0 Å². The zero-order valence-corrected chi connectivity index (χ0v) is 14.5. The predicted molar refractivity (Wildman–Crippen MR) is 96.6 cm³/mol. The third kappa shape index (κ3) is 2.77. The smallest absolute Gasteiger partial charge is 0.371 e. The largest absolute Gasteiger partial charge is 0.475 e. The average molecular weight is 352 g/mol. The summed E-state index contributed by atoms with van der Waals surface area (Å²) in [6.07, 6.45) is 1.75. The van der Waals surface area contributed by atoms with Crippen LogP contribution in [0.5, 0.6) is 0 Å². The van der Waals surface area contributed by atoms with Crippen LogP contribution in [0.3, 0.4) is 0 Å². The number of fused-ring (bicyclic) bond motifs is 1. The Morgan fingerprint density at radius 3 is 2.50 bits per heavy atom. The summed E-state index contributed by atoms with van der Waals surface area (Å²) in [5, 5.41) is 10.2. The fourth-order valence-electron chi connectivity index (χ4n) is 3.92. The lowest BCUT2D eigenvalue weighted by molar-refractivity contribution is 0.0639. The number of likely N-dealkylation sites (tertiary alicyclic amines) is 1. The molecule has 3 heterocycles. The number of carboxylic acid groups (broad SMARTS) is 1. The molecule has 1 aliphatic heterocycles. The Bertz CT molecular complexity index is 977. The number of aryl methyl sites for hydroxylation is 1. The van der Waals surface area contributed by atoms with Gasteiger partial charge < -0.3 is 19.4 Å². The molecule has 4 rings (SSSR count). The van der Waals surface area contributed by atoms with Gasteiger partial charge in [0.25, 0.3) is 5.91 Å². The lowest BCUT2D eigenvalue weighted by Gasteiger charge is -2.31. The molecule has 6 nitrogen and oxygen atoms in total. The van der Waals surface area contributed by atoms with Gasteiger partial charge in [-0.1, -0.05) is 18.2 Å². The van der Waals surface area contributed by atoms with Crippen molar-refractivity contribution < 1.29 is 19.1 Å². The van der Waals surface area contributed by atoms with Crippen LogP contribution in [0.25, 0.3) is 10.9 Å². The predicted octanol–water partition coefficient (Wildman–Crippen LogP) is 3.79. The number of benzene rings is 1. The van der Waals surface area contributed by atoms with Crippen molar-refractivity contribution in [3.8, 4) is 0 Å². The topological polar surface area (TPSA) is 86.5 Å². The van der Waals surface area contributed by atoms with Gasteiger partial charge in [-0.05, 0) is 49.4 Å². The van der Waals surface area contributed by atoms with Crippen molar-refractivity contribution in [1.29, 1.82) is 0 Å². The fraction of sp³-hybridized carbons (Fsp3) is 0.300. The Hall–Kier alpha value is -3.02. The zero-order chi connectivity index (χ0) is 18.3. The second kappa shape index (κ2) is 6.37. The highest BCUT2D eigenvalue weighted by atomic mass is 16.4. The number of furan rings is 1. The second-order valence-electron chi connectivity index (χ2n) is 6.74. The van der Waals surface area contributed by atoms with Crippen molar-refractivity contribution in [2.75, 3.05) is 13.1 Å². The van der Waals surface area contributed by atoms with Crippen LogP contribution >= 0.6 is 0 Å². The van der Waals surface area contributed by atoms with Gasteiger partial charge in [-0.3, -0.25) is 4.79 Å². The van der Waals surface area contributed by atoms with Crippen LogP contribution in [-0.4, -0.2) is 40.0 Å². The van der Waals surface area contributed by atoms with E-state index in [-0.39, 0.29) is 17.4 Å². The van der Waals surface area contributed by atoms with Crippen molar-refractivity contribution in [3.63, 3.8) is 0 Å². The number of piperidine rings is 1. The summed E-state index contributed by atoms with van der Waals surface area (Å²) >= 11 is 0. The van der Waals surface area contributed by atoms with Crippen LogP contribution in [0.2, 0.25) is 0 Å². The van der Waals surface area contributed by atoms with Crippen LogP contribution in [0.15, 0.2) is 40.8 Å². The first kappa shape index (κ1) is 16.4. The van der Waals surface area contributed by atoms with Crippen molar-refractivity contribution in [3.05, 3.63) is 59.2 Å². The molecule has 0 bridgehead atoms. The Morgan fingerprint density at radius 1 is 1.12 bits per heavy atom. The van der Waals surface area contributed by atoms with E-state index in [2.05, 4.69) is 30.1 Å². The first-order valence-corrected chi connectivity index (χ1v) is 8.74.